The Morgan fingerprint density at radius 2 is 2.05 bits per heavy atom. The van der Waals surface area contributed by atoms with Crippen LogP contribution in [0.4, 0.5) is 10.1 Å². The number of phenols is 1. The zero-order chi connectivity index (χ0) is 14.0. The lowest BCUT2D eigenvalue weighted by atomic mass is 10.1. The molecule has 1 amide bonds. The highest BCUT2D eigenvalue weighted by Gasteiger charge is 2.12. The number of phenolic OH excluding ortho intramolecular Hbond substituents is 1. The van der Waals surface area contributed by atoms with E-state index in [-0.39, 0.29) is 10.8 Å². The number of rotatable bonds is 2. The van der Waals surface area contributed by atoms with Crippen LogP contribution in [-0.2, 0) is 0 Å². The summed E-state index contributed by atoms with van der Waals surface area (Å²) in [5.74, 6) is -0.894. The zero-order valence-corrected chi connectivity index (χ0v) is 10.8. The molecule has 2 aromatic rings. The first kappa shape index (κ1) is 13.4. The van der Waals surface area contributed by atoms with E-state index in [2.05, 4.69) is 5.32 Å². The van der Waals surface area contributed by atoms with Gasteiger partial charge in [0.1, 0.15) is 11.6 Å². The summed E-state index contributed by atoms with van der Waals surface area (Å²) in [7, 11) is 0. The van der Waals surface area contributed by atoms with Crippen LogP contribution in [0.5, 0.6) is 5.75 Å². The topological polar surface area (TPSA) is 49.3 Å². The number of carbonyl (C=O) groups excluding carboxylic acids is 1. The number of amides is 1. The second-order valence-electron chi connectivity index (χ2n) is 4.03. The monoisotopic (exact) mass is 279 g/mol. The second-order valence-corrected chi connectivity index (χ2v) is 4.44. The molecule has 0 aliphatic heterocycles. The van der Waals surface area contributed by atoms with Crippen molar-refractivity contribution in [2.45, 2.75) is 6.92 Å². The maximum Gasteiger partial charge on any atom is 0.256 e. The largest absolute Gasteiger partial charge is 0.508 e. The number of benzene rings is 2. The van der Waals surface area contributed by atoms with Crippen LogP contribution in [0.2, 0.25) is 5.02 Å². The molecule has 98 valence electrons. The predicted molar refractivity (Wildman–Crippen MR) is 72.2 cm³/mol. The van der Waals surface area contributed by atoms with Gasteiger partial charge in [0, 0.05) is 16.8 Å². The van der Waals surface area contributed by atoms with Crippen molar-refractivity contribution >= 4 is 23.2 Å². The van der Waals surface area contributed by atoms with Gasteiger partial charge in [-0.3, -0.25) is 4.79 Å². The molecule has 0 radical (unpaired) electrons. The number of hydrogen-bond donors (Lipinski definition) is 2. The molecule has 5 heteroatoms. The quantitative estimate of drug-likeness (QED) is 0.880. The van der Waals surface area contributed by atoms with Crippen LogP contribution in [0.25, 0.3) is 0 Å². The Morgan fingerprint density at radius 1 is 1.32 bits per heavy atom. The Balaban J connectivity index is 2.26. The molecule has 19 heavy (non-hydrogen) atoms. The van der Waals surface area contributed by atoms with E-state index in [1.165, 1.54) is 24.3 Å². The van der Waals surface area contributed by atoms with Gasteiger partial charge in [0.05, 0.1) is 5.02 Å². The number of aromatic hydroxyl groups is 1. The van der Waals surface area contributed by atoms with E-state index in [4.69, 9.17) is 11.6 Å². The molecule has 0 aliphatic carbocycles. The summed E-state index contributed by atoms with van der Waals surface area (Å²) in [5, 5.41) is 12.1. The maximum absolute atomic E-state index is 13.0. The normalized spacial score (nSPS) is 10.3. The molecule has 0 saturated carbocycles. The van der Waals surface area contributed by atoms with E-state index in [9.17, 15) is 14.3 Å². The third-order valence-corrected chi connectivity index (χ3v) is 3.02. The van der Waals surface area contributed by atoms with E-state index in [1.807, 2.05) is 0 Å². The summed E-state index contributed by atoms with van der Waals surface area (Å²) in [6.45, 7) is 1.64. The van der Waals surface area contributed by atoms with Crippen LogP contribution in [0, 0.1) is 12.7 Å². The average Bonchev–Trinajstić information content (AvgIpc) is 2.37. The molecule has 2 aromatic carbocycles. The lowest BCUT2D eigenvalue weighted by Crippen LogP contribution is -2.13. The van der Waals surface area contributed by atoms with Crippen molar-refractivity contribution in [3.8, 4) is 5.75 Å². The van der Waals surface area contributed by atoms with Crippen molar-refractivity contribution in [2.75, 3.05) is 5.32 Å². The maximum atomic E-state index is 13.0. The van der Waals surface area contributed by atoms with E-state index >= 15 is 0 Å². The van der Waals surface area contributed by atoms with E-state index in [0.717, 1.165) is 0 Å². The Labute approximate surface area is 114 Å². The third kappa shape index (κ3) is 2.85. The van der Waals surface area contributed by atoms with Crippen LogP contribution in [0.3, 0.4) is 0 Å². The molecule has 0 heterocycles. The highest BCUT2D eigenvalue weighted by Crippen LogP contribution is 2.22. The van der Waals surface area contributed by atoms with Gasteiger partial charge >= 0.3 is 0 Å². The van der Waals surface area contributed by atoms with Gasteiger partial charge in [0.25, 0.3) is 5.91 Å². The molecule has 2 N–H and O–H groups in total. The van der Waals surface area contributed by atoms with Crippen molar-refractivity contribution in [1.82, 2.24) is 0 Å². The highest BCUT2D eigenvalue weighted by atomic mass is 35.5. The fourth-order valence-corrected chi connectivity index (χ4v) is 1.82. The van der Waals surface area contributed by atoms with Gasteiger partial charge in [-0.05, 0) is 37.3 Å². The Kier molecular flexibility index (Phi) is 3.71. The van der Waals surface area contributed by atoms with Crippen molar-refractivity contribution in [3.63, 3.8) is 0 Å². The first-order chi connectivity index (χ1) is 8.99. The minimum atomic E-state index is -0.548. The van der Waals surface area contributed by atoms with Gasteiger partial charge in [-0.25, -0.2) is 4.39 Å². The lowest BCUT2D eigenvalue weighted by molar-refractivity contribution is 0.102. The minimum Gasteiger partial charge on any atom is -0.508 e. The minimum absolute atomic E-state index is 0.0461. The van der Waals surface area contributed by atoms with Gasteiger partial charge in [-0.1, -0.05) is 17.7 Å². The molecule has 3 nitrogen and oxygen atoms in total. The molecular weight excluding hydrogens is 269 g/mol. The number of anilines is 1. The Bertz CT molecular complexity index is 643. The van der Waals surface area contributed by atoms with Gasteiger partial charge < -0.3 is 10.4 Å². The van der Waals surface area contributed by atoms with Crippen LogP contribution >= 0.6 is 11.6 Å². The van der Waals surface area contributed by atoms with Crippen LogP contribution in [0.1, 0.15) is 15.9 Å². The molecule has 0 aromatic heterocycles. The van der Waals surface area contributed by atoms with Crippen molar-refractivity contribution in [1.29, 1.82) is 0 Å². The fourth-order valence-electron chi connectivity index (χ4n) is 1.64. The van der Waals surface area contributed by atoms with Gasteiger partial charge in [-0.15, -0.1) is 0 Å². The molecule has 2 rings (SSSR count). The van der Waals surface area contributed by atoms with Crippen molar-refractivity contribution in [2.24, 2.45) is 0 Å². The Hall–Kier alpha value is -2.07. The smallest absolute Gasteiger partial charge is 0.256 e. The number of halogens is 2. The van der Waals surface area contributed by atoms with E-state index < -0.39 is 11.7 Å². The van der Waals surface area contributed by atoms with Gasteiger partial charge in [0.2, 0.25) is 0 Å². The summed E-state index contributed by atoms with van der Waals surface area (Å²) in [4.78, 5) is 12.0. The molecule has 0 aliphatic rings. The molecule has 0 bridgehead atoms. The molecule has 0 unspecified atom stereocenters. The summed E-state index contributed by atoms with van der Waals surface area (Å²) in [6.07, 6.45) is 0. The number of nitrogens with one attached hydrogen (secondary N) is 1. The summed E-state index contributed by atoms with van der Waals surface area (Å²) in [5.41, 5.74) is 1.22. The third-order valence-electron chi connectivity index (χ3n) is 2.73. The number of carbonyl (C=O) groups is 1. The standard InChI is InChI=1S/C14H11ClFNO2/c1-8-10(3-2-4-13(8)18)14(19)17-9-5-6-12(16)11(15)7-9/h2-7,18H,1H3,(H,17,19). The summed E-state index contributed by atoms with van der Waals surface area (Å²) >= 11 is 5.63. The summed E-state index contributed by atoms with van der Waals surface area (Å²) in [6, 6.07) is 8.59. The van der Waals surface area contributed by atoms with Crippen LogP contribution in [0.15, 0.2) is 36.4 Å². The molecule has 0 fully saturated rings. The van der Waals surface area contributed by atoms with Crippen LogP contribution < -0.4 is 5.32 Å². The van der Waals surface area contributed by atoms with Gasteiger partial charge in [-0.2, -0.15) is 0 Å². The Morgan fingerprint density at radius 3 is 2.74 bits per heavy atom. The molecule has 0 atom stereocenters. The summed E-state index contributed by atoms with van der Waals surface area (Å²) < 4.78 is 13.0. The van der Waals surface area contributed by atoms with Gasteiger partial charge in [0.15, 0.2) is 0 Å². The molecular formula is C14H11ClFNO2. The fraction of sp³-hybridized carbons (Fsp3) is 0.0714. The van der Waals surface area contributed by atoms with Crippen LogP contribution in [-0.4, -0.2) is 11.0 Å². The first-order valence-corrected chi connectivity index (χ1v) is 5.92. The predicted octanol–water partition coefficient (Wildman–Crippen LogP) is 3.75. The number of hydrogen-bond acceptors (Lipinski definition) is 2. The van der Waals surface area contributed by atoms with Crippen molar-refractivity contribution < 1.29 is 14.3 Å². The highest BCUT2D eigenvalue weighted by molar-refractivity contribution is 6.31. The molecule has 0 spiro atoms. The zero-order valence-electron chi connectivity index (χ0n) is 10.1. The first-order valence-electron chi connectivity index (χ1n) is 5.54. The average molecular weight is 280 g/mol. The van der Waals surface area contributed by atoms with Crippen molar-refractivity contribution in [3.05, 3.63) is 58.4 Å². The lowest BCUT2D eigenvalue weighted by Gasteiger charge is -2.09. The van der Waals surface area contributed by atoms with E-state index in [0.29, 0.717) is 16.8 Å². The van der Waals surface area contributed by atoms with E-state index in [1.54, 1.807) is 19.1 Å². The second kappa shape index (κ2) is 5.28. The SMILES string of the molecule is Cc1c(O)cccc1C(=O)Nc1ccc(F)c(Cl)c1. The molecule has 0 saturated heterocycles.